The number of rotatable bonds is 3. The smallest absolute Gasteiger partial charge is 0.138 e. The number of hydrogen-bond donors (Lipinski definition) is 0. The molecule has 1 aromatic heterocycles. The van der Waals surface area contributed by atoms with Gasteiger partial charge in [-0.2, -0.15) is 0 Å². The first-order valence-electron chi connectivity index (χ1n) is 7.32. The zero-order valence-electron chi connectivity index (χ0n) is 11.1. The van der Waals surface area contributed by atoms with Gasteiger partial charge in [0.2, 0.25) is 0 Å². The number of pyridine rings is 1. The third-order valence-corrected chi connectivity index (χ3v) is 4.83. The molecule has 19 heavy (non-hydrogen) atoms. The third kappa shape index (κ3) is 2.03. The lowest BCUT2D eigenvalue weighted by atomic mass is 10.1. The first-order chi connectivity index (χ1) is 9.42. The van der Waals surface area contributed by atoms with E-state index < -0.39 is 0 Å². The molecule has 1 saturated carbocycles. The van der Waals surface area contributed by atoms with Crippen molar-refractivity contribution in [2.75, 3.05) is 19.8 Å². The van der Waals surface area contributed by atoms with Gasteiger partial charge in [-0.05, 0) is 31.4 Å². The van der Waals surface area contributed by atoms with Gasteiger partial charge in [-0.25, -0.2) is 0 Å². The van der Waals surface area contributed by atoms with Gasteiger partial charge in [-0.15, -0.1) is 0 Å². The van der Waals surface area contributed by atoms with Crippen LogP contribution in [0.25, 0.3) is 0 Å². The second-order valence-corrected chi connectivity index (χ2v) is 5.89. The summed E-state index contributed by atoms with van der Waals surface area (Å²) in [6.07, 6.45) is 7.72. The minimum Gasteiger partial charge on any atom is -0.487 e. The van der Waals surface area contributed by atoms with Crippen LogP contribution >= 0.6 is 0 Å². The number of likely N-dealkylation sites (tertiary alicyclic amines) is 1. The number of hydrogen-bond acceptors (Lipinski definition) is 4. The normalized spacial score (nSPS) is 37.9. The highest BCUT2D eigenvalue weighted by Crippen LogP contribution is 2.42. The molecule has 2 aliphatic heterocycles. The molecule has 0 amide bonds. The maximum atomic E-state index is 6.21. The van der Waals surface area contributed by atoms with Crippen LogP contribution in [0.2, 0.25) is 0 Å². The van der Waals surface area contributed by atoms with Crippen molar-refractivity contribution in [1.29, 1.82) is 0 Å². The van der Waals surface area contributed by atoms with Crippen LogP contribution in [0.4, 0.5) is 0 Å². The summed E-state index contributed by atoms with van der Waals surface area (Å²) in [6, 6.07) is 5.15. The number of fused-ring (bicyclic) bond motifs is 2. The fraction of sp³-hybridized carbons (Fsp3) is 0.667. The molecule has 3 heterocycles. The Kier molecular flexibility index (Phi) is 2.93. The van der Waals surface area contributed by atoms with Gasteiger partial charge in [0.1, 0.15) is 11.9 Å². The van der Waals surface area contributed by atoms with E-state index >= 15 is 0 Å². The molecule has 2 saturated heterocycles. The molecule has 4 atom stereocenters. The van der Waals surface area contributed by atoms with Crippen molar-refractivity contribution in [2.24, 2.45) is 5.92 Å². The van der Waals surface area contributed by atoms with Crippen molar-refractivity contribution < 1.29 is 9.47 Å². The maximum Gasteiger partial charge on any atom is 0.138 e. The van der Waals surface area contributed by atoms with Crippen LogP contribution in [-0.4, -0.2) is 47.8 Å². The van der Waals surface area contributed by atoms with Crippen LogP contribution in [-0.2, 0) is 4.74 Å². The Morgan fingerprint density at radius 3 is 3.11 bits per heavy atom. The number of nitrogens with zero attached hydrogens (tertiary/aromatic N) is 2. The fourth-order valence-corrected chi connectivity index (χ4v) is 3.94. The van der Waals surface area contributed by atoms with Crippen LogP contribution in [0.5, 0.6) is 5.75 Å². The first-order valence-corrected chi connectivity index (χ1v) is 7.32. The van der Waals surface area contributed by atoms with Gasteiger partial charge in [-0.3, -0.25) is 9.88 Å². The number of piperidine rings is 1. The van der Waals surface area contributed by atoms with Crippen molar-refractivity contribution in [3.8, 4) is 5.75 Å². The largest absolute Gasteiger partial charge is 0.487 e. The summed E-state index contributed by atoms with van der Waals surface area (Å²) in [6.45, 7) is 3.01. The minimum atomic E-state index is 0.352. The van der Waals surface area contributed by atoms with Crippen LogP contribution < -0.4 is 4.74 Å². The van der Waals surface area contributed by atoms with Crippen LogP contribution in [0, 0.1) is 5.92 Å². The monoisotopic (exact) mass is 260 g/mol. The SMILES string of the molecule is c1cncc(OC2C3CCC2N(C2CCOC2)C3)c1. The lowest BCUT2D eigenvalue weighted by Crippen LogP contribution is -2.43. The van der Waals surface area contributed by atoms with Crippen molar-refractivity contribution >= 4 is 0 Å². The lowest BCUT2D eigenvalue weighted by Gasteiger charge is -2.31. The molecule has 1 aromatic rings. The van der Waals surface area contributed by atoms with Gasteiger partial charge in [-0.1, -0.05) is 0 Å². The zero-order valence-corrected chi connectivity index (χ0v) is 11.1. The van der Waals surface area contributed by atoms with E-state index in [1.54, 1.807) is 6.20 Å². The second kappa shape index (κ2) is 4.76. The topological polar surface area (TPSA) is 34.6 Å². The van der Waals surface area contributed by atoms with Crippen molar-refractivity contribution in [3.05, 3.63) is 24.5 Å². The Morgan fingerprint density at radius 1 is 1.32 bits per heavy atom. The molecule has 0 aromatic carbocycles. The third-order valence-electron chi connectivity index (χ3n) is 4.83. The molecular formula is C15H20N2O2. The molecule has 1 aliphatic carbocycles. The first kappa shape index (κ1) is 11.7. The van der Waals surface area contributed by atoms with E-state index in [4.69, 9.17) is 9.47 Å². The molecule has 4 nitrogen and oxygen atoms in total. The summed E-state index contributed by atoms with van der Waals surface area (Å²) in [5, 5.41) is 0. The maximum absolute atomic E-state index is 6.21. The zero-order chi connectivity index (χ0) is 12.7. The molecule has 4 rings (SSSR count). The highest BCUT2D eigenvalue weighted by atomic mass is 16.5. The highest BCUT2D eigenvalue weighted by molar-refractivity contribution is 5.18. The molecule has 3 fully saturated rings. The van der Waals surface area contributed by atoms with E-state index in [-0.39, 0.29) is 0 Å². The van der Waals surface area contributed by atoms with Gasteiger partial charge in [0.15, 0.2) is 0 Å². The Balaban J connectivity index is 1.48. The summed E-state index contributed by atoms with van der Waals surface area (Å²) in [7, 11) is 0. The summed E-state index contributed by atoms with van der Waals surface area (Å²) in [5.41, 5.74) is 0. The van der Waals surface area contributed by atoms with E-state index in [1.807, 2.05) is 18.3 Å². The van der Waals surface area contributed by atoms with Crippen LogP contribution in [0.15, 0.2) is 24.5 Å². The summed E-state index contributed by atoms with van der Waals surface area (Å²) >= 11 is 0. The summed E-state index contributed by atoms with van der Waals surface area (Å²) in [4.78, 5) is 6.78. The van der Waals surface area contributed by atoms with E-state index in [9.17, 15) is 0 Å². The fourth-order valence-electron chi connectivity index (χ4n) is 3.94. The van der Waals surface area contributed by atoms with E-state index in [2.05, 4.69) is 9.88 Å². The van der Waals surface area contributed by atoms with E-state index in [1.165, 1.54) is 25.8 Å². The highest BCUT2D eigenvalue weighted by Gasteiger charge is 2.50. The number of ether oxygens (including phenoxy) is 2. The van der Waals surface area contributed by atoms with E-state index in [0.717, 1.165) is 19.0 Å². The Morgan fingerprint density at radius 2 is 2.32 bits per heavy atom. The molecule has 0 N–H and O–H groups in total. The predicted octanol–water partition coefficient (Wildman–Crippen LogP) is 1.71. The standard InChI is InChI=1S/C15H20N2O2/c1-2-13(8-16-6-1)19-15-11-3-4-14(15)17(9-11)12-5-7-18-10-12/h1-2,6,8,11-12,14-15H,3-5,7,9-10H2. The molecule has 4 heteroatoms. The van der Waals surface area contributed by atoms with Crippen molar-refractivity contribution in [1.82, 2.24) is 9.88 Å². The molecule has 0 spiro atoms. The van der Waals surface area contributed by atoms with Gasteiger partial charge < -0.3 is 9.47 Å². The number of aromatic nitrogens is 1. The van der Waals surface area contributed by atoms with Crippen molar-refractivity contribution in [2.45, 2.75) is 37.5 Å². The summed E-state index contributed by atoms with van der Waals surface area (Å²) < 4.78 is 11.7. The Labute approximate surface area is 113 Å². The van der Waals surface area contributed by atoms with Gasteiger partial charge in [0.05, 0.1) is 12.8 Å². The van der Waals surface area contributed by atoms with Gasteiger partial charge in [0.25, 0.3) is 0 Å². The predicted molar refractivity (Wildman–Crippen MR) is 71.1 cm³/mol. The molecule has 2 bridgehead atoms. The van der Waals surface area contributed by atoms with Gasteiger partial charge >= 0.3 is 0 Å². The quantitative estimate of drug-likeness (QED) is 0.828. The summed E-state index contributed by atoms with van der Waals surface area (Å²) in [5.74, 6) is 1.60. The molecule has 3 aliphatic rings. The van der Waals surface area contributed by atoms with E-state index in [0.29, 0.717) is 24.1 Å². The van der Waals surface area contributed by atoms with Crippen LogP contribution in [0.3, 0.4) is 0 Å². The Bertz CT molecular complexity index is 433. The average Bonchev–Trinajstić information content (AvgIpc) is 3.16. The lowest BCUT2D eigenvalue weighted by molar-refractivity contribution is 0.0981. The van der Waals surface area contributed by atoms with Crippen LogP contribution in [0.1, 0.15) is 19.3 Å². The average molecular weight is 260 g/mol. The Hall–Kier alpha value is -1.13. The van der Waals surface area contributed by atoms with Gasteiger partial charge in [0, 0.05) is 37.4 Å². The minimum absolute atomic E-state index is 0.352. The molecule has 4 unspecified atom stereocenters. The second-order valence-electron chi connectivity index (χ2n) is 5.89. The molecular weight excluding hydrogens is 240 g/mol. The van der Waals surface area contributed by atoms with Crippen molar-refractivity contribution in [3.63, 3.8) is 0 Å². The molecule has 102 valence electrons. The molecule has 0 radical (unpaired) electrons.